The number of fused-ring (bicyclic) bond motifs is 8. The summed E-state index contributed by atoms with van der Waals surface area (Å²) in [4.78, 5) is 53.2. The number of hydrogen-bond donors (Lipinski definition) is 5. The number of rotatable bonds is 8. The Kier molecular flexibility index (Phi) is 12.2. The molecule has 3 aromatic heterocycles. The van der Waals surface area contributed by atoms with E-state index in [0.717, 1.165) is 44.3 Å². The van der Waals surface area contributed by atoms with Gasteiger partial charge in [-0.25, -0.2) is 9.78 Å². The number of carboxylic acids is 3. The fourth-order valence-corrected chi connectivity index (χ4v) is 6.53. The molecule has 2 atom stereocenters. The SMILES string of the molecule is C=Cc1c(C)c2cc3nc(c(CC(=O)O)c4nc(cc5[nH]c(cc1[nH]2)c(C)c5CC)C(C)=C4C(=O)O)[C@@H](CCC(=O)O)[C@@H]3C.[Cu].[KH]. The van der Waals surface area contributed by atoms with Gasteiger partial charge in [-0.3, -0.25) is 14.6 Å². The molecule has 0 spiro atoms. The van der Waals surface area contributed by atoms with Crippen LogP contribution >= 0.6 is 0 Å². The van der Waals surface area contributed by atoms with Crippen LogP contribution in [-0.2, 0) is 44.3 Å². The summed E-state index contributed by atoms with van der Waals surface area (Å²) in [7, 11) is 0. The van der Waals surface area contributed by atoms with Crippen molar-refractivity contribution < 1.29 is 46.8 Å². The van der Waals surface area contributed by atoms with Crippen LogP contribution < -0.4 is 0 Å². The first-order valence-electron chi connectivity index (χ1n) is 14.6. The summed E-state index contributed by atoms with van der Waals surface area (Å²) in [6.07, 6.45) is 2.03. The molecule has 5 rings (SSSR count). The van der Waals surface area contributed by atoms with Gasteiger partial charge in [0.05, 0.1) is 29.1 Å². The Morgan fingerprint density at radius 2 is 1.57 bits per heavy atom. The zero-order chi connectivity index (χ0) is 32.0. The molecule has 2 aliphatic heterocycles. The number of aliphatic carboxylic acids is 3. The van der Waals surface area contributed by atoms with Gasteiger partial charge in [-0.15, -0.1) is 0 Å². The molecule has 0 saturated heterocycles. The van der Waals surface area contributed by atoms with Gasteiger partial charge in [-0.05, 0) is 74.1 Å². The van der Waals surface area contributed by atoms with Crippen LogP contribution in [0.5, 0.6) is 0 Å². The molecule has 0 fully saturated rings. The number of allylic oxidation sites excluding steroid dienone is 1. The number of nitrogens with zero attached hydrogens (tertiary/aromatic N) is 2. The number of carboxylic acid groups (broad SMARTS) is 3. The van der Waals surface area contributed by atoms with Crippen LogP contribution in [0.25, 0.3) is 39.3 Å². The van der Waals surface area contributed by atoms with E-state index in [2.05, 4.69) is 16.5 Å². The van der Waals surface area contributed by atoms with E-state index in [1.807, 2.05) is 45.9 Å². The molecule has 46 heavy (non-hydrogen) atoms. The number of hydrogen-bond acceptors (Lipinski definition) is 5. The van der Waals surface area contributed by atoms with Crippen LogP contribution in [0.4, 0.5) is 0 Å². The normalized spacial score (nSPS) is 15.6. The van der Waals surface area contributed by atoms with Crippen LogP contribution in [0.2, 0.25) is 0 Å². The third-order valence-electron chi connectivity index (χ3n) is 8.94. The first-order valence-corrected chi connectivity index (χ1v) is 14.6. The summed E-state index contributed by atoms with van der Waals surface area (Å²) in [5.41, 5.74) is 9.23. The van der Waals surface area contributed by atoms with E-state index in [1.165, 1.54) is 0 Å². The summed E-state index contributed by atoms with van der Waals surface area (Å²) in [5, 5.41) is 29.9. The van der Waals surface area contributed by atoms with E-state index in [-0.39, 0.29) is 104 Å². The summed E-state index contributed by atoms with van der Waals surface area (Å²) in [6.45, 7) is 13.7. The first kappa shape index (κ1) is 37.6. The standard InChI is InChI=1S/C34H36N4O6.Cu.K.H/c1-7-19-15(3)23-12-25-17(5)21(9-10-29(39)40)32(37-25)22(11-30(41)42)33-31(34(43)44)18(6)26(38-33)14-28-20(8-2)16(4)24(36-28)13-27(19)35-23;;;/h7,12-14,17,21,35-36H,1,8-11H2,2-6H3,(H,39,40)(H,41,42)(H,43,44);;;/t17-,21-;;;/m0.../s1. The van der Waals surface area contributed by atoms with Gasteiger partial charge in [0, 0.05) is 74.2 Å². The van der Waals surface area contributed by atoms with Gasteiger partial charge < -0.3 is 25.3 Å². The fraction of sp³-hybridized carbons (Fsp3) is 0.324. The van der Waals surface area contributed by atoms with E-state index in [4.69, 9.17) is 9.97 Å². The quantitative estimate of drug-likeness (QED) is 0.182. The second kappa shape index (κ2) is 14.9. The van der Waals surface area contributed by atoms with Crippen LogP contribution in [0.15, 0.2) is 24.8 Å². The molecule has 10 nitrogen and oxygen atoms in total. The molecule has 0 aliphatic carbocycles. The Morgan fingerprint density at radius 1 is 0.913 bits per heavy atom. The van der Waals surface area contributed by atoms with Gasteiger partial charge in [-0.1, -0.05) is 26.5 Å². The van der Waals surface area contributed by atoms with E-state index in [1.54, 1.807) is 13.0 Å². The molecule has 1 radical (unpaired) electrons. The van der Waals surface area contributed by atoms with Gasteiger partial charge in [0.2, 0.25) is 0 Å². The van der Waals surface area contributed by atoms with E-state index < -0.39 is 30.2 Å². The number of aromatic amines is 2. The average molecular weight is 700 g/mol. The van der Waals surface area contributed by atoms with Gasteiger partial charge in [-0.2, -0.15) is 0 Å². The van der Waals surface area contributed by atoms with Crippen molar-refractivity contribution in [2.24, 2.45) is 0 Å². The Labute approximate surface area is 319 Å². The molecule has 0 unspecified atom stereocenters. The number of nitrogens with one attached hydrogen (secondary N) is 2. The molecule has 0 aromatic carbocycles. The Balaban J connectivity index is 0.00000288. The molecule has 5 N–H and O–H groups in total. The average Bonchev–Trinajstić information content (AvgIpc) is 3.63. The topological polar surface area (TPSA) is 169 Å². The maximum atomic E-state index is 12.7. The molecular weight excluding hydrogens is 663 g/mol. The summed E-state index contributed by atoms with van der Waals surface area (Å²) < 4.78 is 0. The maximum absolute atomic E-state index is 12.7. The molecule has 2 aliphatic rings. The van der Waals surface area contributed by atoms with E-state index in [0.29, 0.717) is 29.1 Å². The zero-order valence-electron chi connectivity index (χ0n) is 25.8. The number of carbonyl (C=O) groups is 3. The van der Waals surface area contributed by atoms with Crippen molar-refractivity contribution in [2.45, 2.75) is 72.1 Å². The molecule has 12 heteroatoms. The number of aryl methyl sites for hydroxylation is 3. The molecule has 5 heterocycles. The zero-order valence-corrected chi connectivity index (χ0v) is 26.7. The Morgan fingerprint density at radius 3 is 2.15 bits per heavy atom. The van der Waals surface area contributed by atoms with Crippen LogP contribution in [0, 0.1) is 13.8 Å². The van der Waals surface area contributed by atoms with Crippen LogP contribution in [-0.4, -0.2) is 105 Å². The van der Waals surface area contributed by atoms with Crippen molar-refractivity contribution in [1.82, 2.24) is 19.9 Å². The number of aromatic nitrogens is 4. The van der Waals surface area contributed by atoms with Crippen molar-refractivity contribution >= 4 is 109 Å². The summed E-state index contributed by atoms with van der Waals surface area (Å²) in [6, 6.07) is 5.75. The molecular formula is C34H37CuKN4O6. The molecule has 241 valence electrons. The summed E-state index contributed by atoms with van der Waals surface area (Å²) >= 11 is 0. The third-order valence-corrected chi connectivity index (χ3v) is 8.94. The monoisotopic (exact) mass is 699 g/mol. The van der Waals surface area contributed by atoms with Crippen LogP contribution in [0.1, 0.15) is 96.0 Å². The number of H-pyrrole nitrogens is 2. The van der Waals surface area contributed by atoms with E-state index in [9.17, 15) is 29.7 Å². The predicted octanol–water partition coefficient (Wildman–Crippen LogP) is 5.88. The van der Waals surface area contributed by atoms with Gasteiger partial charge in [0.25, 0.3) is 0 Å². The summed E-state index contributed by atoms with van der Waals surface area (Å²) in [5.74, 6) is -4.13. The Hall–Kier alpha value is -2.83. The third kappa shape index (κ3) is 6.89. The van der Waals surface area contributed by atoms with Crippen molar-refractivity contribution in [3.05, 3.63) is 75.4 Å². The molecule has 3 aromatic rings. The second-order valence-corrected chi connectivity index (χ2v) is 11.5. The minimum atomic E-state index is -1.23. The molecule has 0 amide bonds. The molecule has 8 bridgehead atoms. The first-order chi connectivity index (χ1) is 20.9. The second-order valence-electron chi connectivity index (χ2n) is 11.5. The minimum absolute atomic E-state index is 0. The predicted molar refractivity (Wildman–Crippen MR) is 177 cm³/mol. The van der Waals surface area contributed by atoms with E-state index >= 15 is 0 Å². The Bertz CT molecular complexity index is 1960. The molecule has 0 saturated carbocycles. The van der Waals surface area contributed by atoms with Crippen molar-refractivity contribution in [3.8, 4) is 0 Å². The van der Waals surface area contributed by atoms with Crippen molar-refractivity contribution in [2.75, 3.05) is 0 Å². The van der Waals surface area contributed by atoms with Gasteiger partial charge >= 0.3 is 69.3 Å². The van der Waals surface area contributed by atoms with Gasteiger partial charge in [0.15, 0.2) is 0 Å². The van der Waals surface area contributed by atoms with Gasteiger partial charge in [0.1, 0.15) is 0 Å². The van der Waals surface area contributed by atoms with Crippen LogP contribution in [0.3, 0.4) is 0 Å². The fourth-order valence-electron chi connectivity index (χ4n) is 6.53. The van der Waals surface area contributed by atoms with Crippen molar-refractivity contribution in [1.29, 1.82) is 0 Å². The van der Waals surface area contributed by atoms with Crippen molar-refractivity contribution in [3.63, 3.8) is 0 Å².